The first-order valence-electron chi connectivity index (χ1n) is 19.7. The van der Waals surface area contributed by atoms with Crippen LogP contribution in [0.5, 0.6) is 0 Å². The van der Waals surface area contributed by atoms with E-state index in [1.807, 2.05) is 24.3 Å². The smallest absolute Gasteiger partial charge is 0.164 e. The number of nitrogens with zero attached hydrogens (tertiary/aromatic N) is 3. The molecule has 0 atom stereocenters. The summed E-state index contributed by atoms with van der Waals surface area (Å²) in [6.07, 6.45) is 0. The predicted molar refractivity (Wildman–Crippen MR) is 242 cm³/mol. The summed E-state index contributed by atoms with van der Waals surface area (Å²) in [5.41, 5.74) is 9.46. The molecule has 10 aromatic carbocycles. The molecule has 0 amide bonds. The number of hydrogen-bond donors (Lipinski definition) is 0. The fourth-order valence-corrected chi connectivity index (χ4v) is 8.60. The second-order valence-electron chi connectivity index (χ2n) is 14.7. The molecule has 0 N–H and O–H groups in total. The van der Waals surface area contributed by atoms with Gasteiger partial charge in [0.2, 0.25) is 0 Å². The van der Waals surface area contributed by atoms with Crippen LogP contribution in [0.15, 0.2) is 212 Å². The van der Waals surface area contributed by atoms with Gasteiger partial charge in [-0.3, -0.25) is 0 Å². The van der Waals surface area contributed by atoms with Crippen molar-refractivity contribution in [3.8, 4) is 67.5 Å². The van der Waals surface area contributed by atoms with Gasteiger partial charge in [-0.25, -0.2) is 15.0 Å². The highest BCUT2D eigenvalue weighted by Gasteiger charge is 2.19. The van der Waals surface area contributed by atoms with E-state index in [9.17, 15) is 0 Å². The van der Waals surface area contributed by atoms with Crippen molar-refractivity contribution in [3.05, 3.63) is 212 Å². The van der Waals surface area contributed by atoms with Crippen LogP contribution in [0.25, 0.3) is 111 Å². The average molecular weight is 738 g/mol. The summed E-state index contributed by atoms with van der Waals surface area (Å²) in [4.78, 5) is 15.7. The Hall–Kier alpha value is -7.75. The Kier molecular flexibility index (Phi) is 8.15. The lowest BCUT2D eigenvalue weighted by Gasteiger charge is -2.17. The normalized spacial score (nSPS) is 11.4. The summed E-state index contributed by atoms with van der Waals surface area (Å²) >= 11 is 0. The lowest BCUT2D eigenvalue weighted by atomic mass is 9.86. The molecule has 0 bridgehead atoms. The van der Waals surface area contributed by atoms with Crippen LogP contribution in [0.3, 0.4) is 0 Å². The molecule has 0 spiro atoms. The van der Waals surface area contributed by atoms with Crippen LogP contribution in [-0.4, -0.2) is 15.0 Å². The quantitative estimate of drug-likeness (QED) is 0.160. The Morgan fingerprint density at radius 1 is 0.207 bits per heavy atom. The molecule has 3 heteroatoms. The van der Waals surface area contributed by atoms with Crippen LogP contribution in [0.1, 0.15) is 0 Å². The van der Waals surface area contributed by atoms with Crippen LogP contribution >= 0.6 is 0 Å². The van der Waals surface area contributed by atoms with Crippen molar-refractivity contribution >= 4 is 43.1 Å². The molecule has 11 rings (SSSR count). The average Bonchev–Trinajstić information content (AvgIpc) is 3.31. The maximum Gasteiger partial charge on any atom is 0.164 e. The van der Waals surface area contributed by atoms with Crippen LogP contribution in [0.4, 0.5) is 0 Å². The number of hydrogen-bond acceptors (Lipinski definition) is 3. The zero-order valence-electron chi connectivity index (χ0n) is 31.5. The molecule has 0 aliphatic rings. The number of rotatable bonds is 6. The number of fused-ring (bicyclic) bond motifs is 8. The fourth-order valence-electron chi connectivity index (χ4n) is 8.60. The molecule has 0 saturated heterocycles. The van der Waals surface area contributed by atoms with E-state index in [1.165, 1.54) is 43.1 Å². The molecule has 58 heavy (non-hydrogen) atoms. The van der Waals surface area contributed by atoms with Gasteiger partial charge in [0.05, 0.1) is 0 Å². The van der Waals surface area contributed by atoms with E-state index in [4.69, 9.17) is 15.0 Å². The molecule has 1 heterocycles. The standard InChI is InChI=1S/C55H35N3/c1-4-18-36(19-5-1)39-32-40(50-35-51-45-27-12-11-25-43(45)44-26-13-15-29-47(44)52(51)48-30-16-14-28-46(48)50)34-41(33-39)54-56-53(38-22-8-3-9-23-38)57-55(58-54)49-31-17-10-24-42(49)37-20-6-2-7-21-37/h1-35H. The highest BCUT2D eigenvalue weighted by Crippen LogP contribution is 2.44. The third kappa shape index (κ3) is 5.80. The minimum Gasteiger partial charge on any atom is -0.208 e. The van der Waals surface area contributed by atoms with E-state index in [0.29, 0.717) is 17.5 Å². The van der Waals surface area contributed by atoms with Crippen molar-refractivity contribution in [2.45, 2.75) is 0 Å². The summed E-state index contributed by atoms with van der Waals surface area (Å²) in [6.45, 7) is 0. The monoisotopic (exact) mass is 737 g/mol. The van der Waals surface area contributed by atoms with Gasteiger partial charge in [0.25, 0.3) is 0 Å². The van der Waals surface area contributed by atoms with Gasteiger partial charge >= 0.3 is 0 Å². The topological polar surface area (TPSA) is 38.7 Å². The first kappa shape index (κ1) is 33.6. The predicted octanol–water partition coefficient (Wildman–Crippen LogP) is 14.5. The van der Waals surface area contributed by atoms with Gasteiger partial charge in [-0.1, -0.05) is 188 Å². The SMILES string of the molecule is c1ccc(-c2cc(-c3nc(-c4ccccc4)nc(-c4ccccc4-c4ccccc4)n3)cc(-c3cc4c5ccccc5c5ccccc5c4c4ccccc34)c2)cc1. The van der Waals surface area contributed by atoms with Crippen molar-refractivity contribution in [1.29, 1.82) is 0 Å². The molecule has 11 aromatic rings. The van der Waals surface area contributed by atoms with E-state index in [1.54, 1.807) is 0 Å². The van der Waals surface area contributed by atoms with Crippen molar-refractivity contribution in [3.63, 3.8) is 0 Å². The second kappa shape index (κ2) is 14.1. The summed E-state index contributed by atoms with van der Waals surface area (Å²) < 4.78 is 0. The third-order valence-corrected chi connectivity index (χ3v) is 11.3. The lowest BCUT2D eigenvalue weighted by Crippen LogP contribution is -2.01. The molecule has 0 radical (unpaired) electrons. The molecule has 0 aliphatic heterocycles. The summed E-state index contributed by atoms with van der Waals surface area (Å²) in [5, 5.41) is 9.98. The number of benzene rings is 10. The zero-order valence-corrected chi connectivity index (χ0v) is 31.5. The van der Waals surface area contributed by atoms with E-state index < -0.39 is 0 Å². The first-order chi connectivity index (χ1) is 28.8. The van der Waals surface area contributed by atoms with E-state index >= 15 is 0 Å². The van der Waals surface area contributed by atoms with Crippen molar-refractivity contribution in [2.75, 3.05) is 0 Å². The molecule has 0 saturated carbocycles. The van der Waals surface area contributed by atoms with E-state index in [0.717, 1.165) is 50.1 Å². The zero-order chi connectivity index (χ0) is 38.4. The maximum absolute atomic E-state index is 5.32. The molecule has 1 aromatic heterocycles. The van der Waals surface area contributed by atoms with Gasteiger partial charge in [0, 0.05) is 16.7 Å². The minimum absolute atomic E-state index is 0.618. The van der Waals surface area contributed by atoms with Crippen LogP contribution in [0.2, 0.25) is 0 Å². The maximum atomic E-state index is 5.32. The summed E-state index contributed by atoms with van der Waals surface area (Å²) in [6, 6.07) is 75.3. The van der Waals surface area contributed by atoms with Crippen LogP contribution < -0.4 is 0 Å². The van der Waals surface area contributed by atoms with Gasteiger partial charge < -0.3 is 0 Å². The first-order valence-corrected chi connectivity index (χ1v) is 19.7. The molecular weight excluding hydrogens is 703 g/mol. The Bertz CT molecular complexity index is 3320. The van der Waals surface area contributed by atoms with Crippen molar-refractivity contribution < 1.29 is 0 Å². The molecule has 0 aliphatic carbocycles. The highest BCUT2D eigenvalue weighted by molar-refractivity contribution is 6.33. The highest BCUT2D eigenvalue weighted by atomic mass is 15.0. The van der Waals surface area contributed by atoms with E-state index in [-0.39, 0.29) is 0 Å². The molecule has 3 nitrogen and oxygen atoms in total. The molecule has 0 unspecified atom stereocenters. The fraction of sp³-hybridized carbons (Fsp3) is 0. The van der Waals surface area contributed by atoms with Crippen molar-refractivity contribution in [2.24, 2.45) is 0 Å². The van der Waals surface area contributed by atoms with Crippen LogP contribution in [0, 0.1) is 0 Å². The molecule has 270 valence electrons. The van der Waals surface area contributed by atoms with Gasteiger partial charge in [0.1, 0.15) is 0 Å². The largest absolute Gasteiger partial charge is 0.208 e. The Morgan fingerprint density at radius 2 is 0.621 bits per heavy atom. The van der Waals surface area contributed by atoms with Gasteiger partial charge in [0.15, 0.2) is 17.5 Å². The Labute approximate surface area is 336 Å². The van der Waals surface area contributed by atoms with Crippen molar-refractivity contribution in [1.82, 2.24) is 15.0 Å². The molecular formula is C55H35N3. The van der Waals surface area contributed by atoms with E-state index in [2.05, 4.69) is 188 Å². The van der Waals surface area contributed by atoms with Crippen LogP contribution in [-0.2, 0) is 0 Å². The Morgan fingerprint density at radius 3 is 1.28 bits per heavy atom. The Balaban J connectivity index is 1.20. The van der Waals surface area contributed by atoms with Gasteiger partial charge in [-0.05, 0) is 101 Å². The lowest BCUT2D eigenvalue weighted by molar-refractivity contribution is 1.07. The summed E-state index contributed by atoms with van der Waals surface area (Å²) in [5.74, 6) is 1.88. The minimum atomic E-state index is 0.618. The third-order valence-electron chi connectivity index (χ3n) is 11.3. The number of aromatic nitrogens is 3. The summed E-state index contributed by atoms with van der Waals surface area (Å²) in [7, 11) is 0. The molecule has 0 fully saturated rings. The van der Waals surface area contributed by atoms with Gasteiger partial charge in [-0.2, -0.15) is 0 Å². The second-order valence-corrected chi connectivity index (χ2v) is 14.7. The van der Waals surface area contributed by atoms with Gasteiger partial charge in [-0.15, -0.1) is 0 Å².